The summed E-state index contributed by atoms with van der Waals surface area (Å²) in [5.41, 5.74) is 3.41. The van der Waals surface area contributed by atoms with Crippen molar-refractivity contribution in [2.24, 2.45) is 5.41 Å². The zero-order valence-corrected chi connectivity index (χ0v) is 12.2. The Morgan fingerprint density at radius 3 is 2.47 bits per heavy atom. The number of aryl methyl sites for hydroxylation is 2. The van der Waals surface area contributed by atoms with Gasteiger partial charge in [0, 0.05) is 11.3 Å². The smallest absolute Gasteiger partial charge is 0.218 e. The second-order valence-electron chi connectivity index (χ2n) is 5.66. The normalized spacial score (nSPS) is 11.6. The quantitative estimate of drug-likeness (QED) is 0.751. The van der Waals surface area contributed by atoms with Crippen LogP contribution in [-0.2, 0) is 5.88 Å². The molecule has 1 aromatic rings. The van der Waals surface area contributed by atoms with E-state index in [1.165, 1.54) is 0 Å². The first-order chi connectivity index (χ1) is 7.83. The summed E-state index contributed by atoms with van der Waals surface area (Å²) in [6.07, 6.45) is 1.00. The Morgan fingerprint density at radius 2 is 1.94 bits per heavy atom. The van der Waals surface area contributed by atoms with Crippen molar-refractivity contribution in [3.05, 3.63) is 22.9 Å². The molecule has 0 saturated carbocycles. The van der Waals surface area contributed by atoms with Crippen molar-refractivity contribution in [2.75, 3.05) is 6.61 Å². The summed E-state index contributed by atoms with van der Waals surface area (Å²) < 4.78 is 5.77. The van der Waals surface area contributed by atoms with Gasteiger partial charge in [0.15, 0.2) is 0 Å². The van der Waals surface area contributed by atoms with Gasteiger partial charge in [0.2, 0.25) is 5.88 Å². The molecule has 0 radical (unpaired) electrons. The van der Waals surface area contributed by atoms with Crippen molar-refractivity contribution in [3.8, 4) is 5.88 Å². The maximum Gasteiger partial charge on any atom is 0.218 e. The molecule has 0 unspecified atom stereocenters. The maximum absolute atomic E-state index is 5.94. The molecule has 0 aromatic carbocycles. The van der Waals surface area contributed by atoms with E-state index in [4.69, 9.17) is 16.3 Å². The van der Waals surface area contributed by atoms with Gasteiger partial charge in [-0.3, -0.25) is 0 Å². The molecular weight excluding hydrogens is 234 g/mol. The second-order valence-corrected chi connectivity index (χ2v) is 5.92. The van der Waals surface area contributed by atoms with Crippen LogP contribution in [-0.4, -0.2) is 11.6 Å². The highest BCUT2D eigenvalue weighted by Gasteiger charge is 2.13. The third-order valence-electron chi connectivity index (χ3n) is 2.66. The fraction of sp³-hybridized carbons (Fsp3) is 0.643. The Hall–Kier alpha value is -0.760. The molecule has 1 rings (SSSR count). The average molecular weight is 256 g/mol. The van der Waals surface area contributed by atoms with Gasteiger partial charge in [0.05, 0.1) is 12.5 Å². The number of rotatable bonds is 4. The fourth-order valence-electron chi connectivity index (χ4n) is 1.56. The van der Waals surface area contributed by atoms with Crippen LogP contribution < -0.4 is 4.74 Å². The summed E-state index contributed by atoms with van der Waals surface area (Å²) in [6, 6.07) is 2.04. The molecule has 1 heterocycles. The van der Waals surface area contributed by atoms with E-state index in [2.05, 4.69) is 25.8 Å². The highest BCUT2D eigenvalue weighted by Crippen LogP contribution is 2.24. The zero-order valence-electron chi connectivity index (χ0n) is 11.4. The van der Waals surface area contributed by atoms with E-state index < -0.39 is 0 Å². The molecule has 0 fully saturated rings. The molecule has 96 valence electrons. The van der Waals surface area contributed by atoms with Crippen LogP contribution in [0.15, 0.2) is 6.07 Å². The van der Waals surface area contributed by atoms with E-state index in [1.54, 1.807) is 0 Å². The van der Waals surface area contributed by atoms with Gasteiger partial charge in [0.25, 0.3) is 0 Å². The van der Waals surface area contributed by atoms with Crippen LogP contribution in [0.4, 0.5) is 0 Å². The van der Waals surface area contributed by atoms with E-state index in [0.29, 0.717) is 18.4 Å². The SMILES string of the molecule is Cc1cc(C)c(CCl)c(OCCC(C)(C)C)n1. The Morgan fingerprint density at radius 1 is 1.29 bits per heavy atom. The summed E-state index contributed by atoms with van der Waals surface area (Å²) in [5, 5.41) is 0. The van der Waals surface area contributed by atoms with E-state index in [9.17, 15) is 0 Å². The highest BCUT2D eigenvalue weighted by atomic mass is 35.5. The summed E-state index contributed by atoms with van der Waals surface area (Å²) >= 11 is 5.94. The number of alkyl halides is 1. The number of pyridine rings is 1. The van der Waals surface area contributed by atoms with Gasteiger partial charge in [-0.15, -0.1) is 11.6 Å². The Bertz CT molecular complexity index is 383. The van der Waals surface area contributed by atoms with E-state index >= 15 is 0 Å². The molecule has 0 spiro atoms. The minimum Gasteiger partial charge on any atom is -0.477 e. The van der Waals surface area contributed by atoms with Gasteiger partial charge in [-0.2, -0.15) is 0 Å². The van der Waals surface area contributed by atoms with Crippen LogP contribution in [0.1, 0.15) is 44.0 Å². The Kier molecular flexibility index (Phi) is 4.81. The molecule has 0 atom stereocenters. The van der Waals surface area contributed by atoms with Crippen molar-refractivity contribution in [2.45, 2.75) is 46.9 Å². The molecule has 0 saturated heterocycles. The van der Waals surface area contributed by atoms with Crippen LogP contribution in [0.25, 0.3) is 0 Å². The third kappa shape index (κ3) is 4.55. The van der Waals surface area contributed by atoms with Crippen molar-refractivity contribution in [1.82, 2.24) is 4.98 Å². The van der Waals surface area contributed by atoms with Gasteiger partial charge in [-0.05, 0) is 37.3 Å². The van der Waals surface area contributed by atoms with Crippen LogP contribution in [0.2, 0.25) is 0 Å². The monoisotopic (exact) mass is 255 g/mol. The summed E-state index contributed by atoms with van der Waals surface area (Å²) in [4.78, 5) is 4.42. The Labute approximate surface area is 109 Å². The van der Waals surface area contributed by atoms with Gasteiger partial charge >= 0.3 is 0 Å². The van der Waals surface area contributed by atoms with Gasteiger partial charge in [-0.1, -0.05) is 20.8 Å². The van der Waals surface area contributed by atoms with Gasteiger partial charge in [-0.25, -0.2) is 4.98 Å². The van der Waals surface area contributed by atoms with Gasteiger partial charge in [0.1, 0.15) is 0 Å². The fourth-order valence-corrected chi connectivity index (χ4v) is 1.89. The largest absolute Gasteiger partial charge is 0.477 e. The van der Waals surface area contributed by atoms with Crippen molar-refractivity contribution < 1.29 is 4.74 Å². The molecule has 2 nitrogen and oxygen atoms in total. The van der Waals surface area contributed by atoms with E-state index in [-0.39, 0.29) is 5.41 Å². The molecule has 17 heavy (non-hydrogen) atoms. The number of hydrogen-bond acceptors (Lipinski definition) is 2. The van der Waals surface area contributed by atoms with Crippen LogP contribution in [0, 0.1) is 19.3 Å². The Balaban J connectivity index is 2.76. The lowest BCUT2D eigenvalue weighted by Gasteiger charge is -2.19. The summed E-state index contributed by atoms with van der Waals surface area (Å²) in [7, 11) is 0. The second kappa shape index (κ2) is 5.72. The van der Waals surface area contributed by atoms with Gasteiger partial charge < -0.3 is 4.74 Å². The lowest BCUT2D eigenvalue weighted by Crippen LogP contribution is -2.12. The average Bonchev–Trinajstić information content (AvgIpc) is 2.14. The summed E-state index contributed by atoms with van der Waals surface area (Å²) in [5.74, 6) is 1.14. The predicted molar refractivity (Wildman–Crippen MR) is 72.8 cm³/mol. The first kappa shape index (κ1) is 14.3. The first-order valence-electron chi connectivity index (χ1n) is 5.99. The molecule has 0 aliphatic rings. The van der Waals surface area contributed by atoms with Crippen molar-refractivity contribution in [1.29, 1.82) is 0 Å². The predicted octanol–water partition coefficient (Wildman–Crippen LogP) is 4.25. The molecule has 0 bridgehead atoms. The van der Waals surface area contributed by atoms with Crippen molar-refractivity contribution in [3.63, 3.8) is 0 Å². The lowest BCUT2D eigenvalue weighted by atomic mass is 9.93. The van der Waals surface area contributed by atoms with Crippen LogP contribution >= 0.6 is 11.6 Å². The minimum atomic E-state index is 0.278. The first-order valence-corrected chi connectivity index (χ1v) is 6.53. The number of ether oxygens (including phenoxy) is 1. The molecule has 1 aromatic heterocycles. The summed E-state index contributed by atoms with van der Waals surface area (Å²) in [6.45, 7) is 11.3. The number of halogens is 1. The molecule has 0 aliphatic heterocycles. The lowest BCUT2D eigenvalue weighted by molar-refractivity contribution is 0.234. The third-order valence-corrected chi connectivity index (χ3v) is 2.93. The molecule has 0 N–H and O–H groups in total. The topological polar surface area (TPSA) is 22.1 Å². The van der Waals surface area contributed by atoms with Crippen LogP contribution in [0.5, 0.6) is 5.88 Å². The van der Waals surface area contributed by atoms with Crippen LogP contribution in [0.3, 0.4) is 0 Å². The minimum absolute atomic E-state index is 0.278. The maximum atomic E-state index is 5.94. The molecular formula is C14H22ClNO. The molecule has 0 amide bonds. The van der Waals surface area contributed by atoms with E-state index in [1.807, 2.05) is 19.9 Å². The van der Waals surface area contributed by atoms with E-state index in [0.717, 1.165) is 23.2 Å². The number of nitrogens with zero attached hydrogens (tertiary/aromatic N) is 1. The zero-order chi connectivity index (χ0) is 13.1. The molecule has 0 aliphatic carbocycles. The highest BCUT2D eigenvalue weighted by molar-refractivity contribution is 6.17. The number of hydrogen-bond donors (Lipinski definition) is 0. The number of aromatic nitrogens is 1. The molecule has 3 heteroatoms. The standard InChI is InChI=1S/C14H22ClNO/c1-10-8-11(2)16-13(12(10)9-15)17-7-6-14(3,4)5/h8H,6-7,9H2,1-5H3. The van der Waals surface area contributed by atoms with Crippen molar-refractivity contribution >= 4 is 11.6 Å².